The van der Waals surface area contributed by atoms with Crippen LogP contribution in [0.15, 0.2) is 79.9 Å². The highest BCUT2D eigenvalue weighted by Crippen LogP contribution is 2.58. The molecule has 3 aliphatic rings. The molecule has 0 radical (unpaired) electrons. The summed E-state index contributed by atoms with van der Waals surface area (Å²) in [4.78, 5) is 58.4. The number of benzene rings is 2. The second-order valence-corrected chi connectivity index (χ2v) is 12.1. The van der Waals surface area contributed by atoms with Crippen molar-refractivity contribution in [2.45, 2.75) is 55.9 Å². The molecule has 47 heavy (non-hydrogen) atoms. The van der Waals surface area contributed by atoms with E-state index in [2.05, 4.69) is 18.5 Å². The van der Waals surface area contributed by atoms with E-state index in [0.29, 0.717) is 30.7 Å². The zero-order chi connectivity index (χ0) is 33.6. The van der Waals surface area contributed by atoms with E-state index in [0.717, 1.165) is 5.56 Å². The lowest BCUT2D eigenvalue weighted by Crippen LogP contribution is -2.56. The van der Waals surface area contributed by atoms with E-state index in [4.69, 9.17) is 14.2 Å². The monoisotopic (exact) mass is 645 g/mol. The number of carbonyl (C=O) groups excluding carboxylic acids is 4. The number of rotatable bonds is 16. The predicted octanol–water partition coefficient (Wildman–Crippen LogP) is 3.34. The van der Waals surface area contributed by atoms with Crippen LogP contribution in [-0.4, -0.2) is 84.9 Å². The van der Waals surface area contributed by atoms with Crippen molar-refractivity contribution in [2.24, 2.45) is 11.8 Å². The molecular weight excluding hydrogens is 602 g/mol. The molecule has 3 fully saturated rings. The first kappa shape index (κ1) is 33.9. The van der Waals surface area contributed by atoms with Crippen LogP contribution in [-0.2, 0) is 28.7 Å². The summed E-state index contributed by atoms with van der Waals surface area (Å²) in [5.41, 5.74) is 0.119. The lowest BCUT2D eigenvalue weighted by molar-refractivity contribution is -0.146. The molecule has 3 aliphatic heterocycles. The molecule has 6 atom stereocenters. The van der Waals surface area contributed by atoms with Gasteiger partial charge in [-0.3, -0.25) is 19.2 Å². The number of methoxy groups -OCH3 is 1. The Morgan fingerprint density at radius 3 is 2.55 bits per heavy atom. The van der Waals surface area contributed by atoms with Gasteiger partial charge in [-0.05, 0) is 55.5 Å². The van der Waals surface area contributed by atoms with Crippen molar-refractivity contribution < 1.29 is 38.5 Å². The smallest absolute Gasteiger partial charge is 0.306 e. The van der Waals surface area contributed by atoms with Crippen molar-refractivity contribution in [3.8, 4) is 5.75 Å². The number of allylic oxidation sites excluding steroid dienone is 1. The number of hydrogen-bond acceptors (Lipinski definition) is 8. The van der Waals surface area contributed by atoms with Crippen molar-refractivity contribution in [1.29, 1.82) is 0 Å². The van der Waals surface area contributed by atoms with Gasteiger partial charge in [0.25, 0.3) is 5.91 Å². The van der Waals surface area contributed by atoms with Crippen LogP contribution in [0.5, 0.6) is 5.75 Å². The number of nitrogens with one attached hydrogen (secondary N) is 1. The van der Waals surface area contributed by atoms with Gasteiger partial charge >= 0.3 is 5.97 Å². The third-order valence-electron chi connectivity index (χ3n) is 9.34. The average Bonchev–Trinajstić information content (AvgIpc) is 3.74. The first-order valence-corrected chi connectivity index (χ1v) is 16.1. The average molecular weight is 646 g/mol. The van der Waals surface area contributed by atoms with Gasteiger partial charge in [0.05, 0.1) is 31.1 Å². The number of likely N-dealkylation sites (tertiary alicyclic amines) is 1. The summed E-state index contributed by atoms with van der Waals surface area (Å²) in [6.07, 6.45) is 4.52. The molecule has 11 nitrogen and oxygen atoms in total. The first-order chi connectivity index (χ1) is 22.8. The van der Waals surface area contributed by atoms with Gasteiger partial charge in [0.1, 0.15) is 24.0 Å². The lowest BCUT2D eigenvalue weighted by Gasteiger charge is -2.36. The third kappa shape index (κ3) is 6.68. The number of nitrogens with zero attached hydrogens (tertiary/aromatic N) is 2. The molecule has 0 unspecified atom stereocenters. The van der Waals surface area contributed by atoms with Crippen molar-refractivity contribution >= 4 is 29.4 Å². The zero-order valence-electron chi connectivity index (χ0n) is 26.7. The van der Waals surface area contributed by atoms with E-state index in [9.17, 15) is 24.3 Å². The van der Waals surface area contributed by atoms with E-state index < -0.39 is 47.5 Å². The summed E-state index contributed by atoms with van der Waals surface area (Å²) in [6.45, 7) is 7.53. The Morgan fingerprint density at radius 1 is 1.15 bits per heavy atom. The topological polar surface area (TPSA) is 135 Å². The molecule has 1 spiro atoms. The molecule has 0 saturated carbocycles. The number of hydrogen-bond donors (Lipinski definition) is 2. The number of fused-ring (bicyclic) bond motifs is 1. The second kappa shape index (κ2) is 15.0. The summed E-state index contributed by atoms with van der Waals surface area (Å²) >= 11 is 0. The molecule has 3 heterocycles. The van der Waals surface area contributed by atoms with Crippen molar-refractivity contribution in [2.75, 3.05) is 38.3 Å². The Kier molecular flexibility index (Phi) is 10.8. The largest absolute Gasteiger partial charge is 0.497 e. The van der Waals surface area contributed by atoms with E-state index in [1.54, 1.807) is 48.4 Å². The molecule has 0 aliphatic carbocycles. The fraction of sp³-hybridized carbons (Fsp3) is 0.444. The highest BCUT2D eigenvalue weighted by molar-refractivity contribution is 6.05. The predicted molar refractivity (Wildman–Crippen MR) is 174 cm³/mol. The maximum Gasteiger partial charge on any atom is 0.306 e. The van der Waals surface area contributed by atoms with E-state index in [1.807, 2.05) is 30.3 Å². The molecule has 3 saturated heterocycles. The SMILES string of the molecule is C=CCCC(=O)OC[C@H](NC(=O)[C@@H]1[C@H]2C(=O)N(CCCO)[C@H](C(=O)N(CC=C)c3ccc(OC)cc3)[C@]23CC[C@H]1O3)c1ccccc1. The number of esters is 1. The molecule has 11 heteroatoms. The highest BCUT2D eigenvalue weighted by Gasteiger charge is 2.74. The Balaban J connectivity index is 1.44. The van der Waals surface area contributed by atoms with Crippen LogP contribution in [0.2, 0.25) is 0 Å². The Bertz CT molecular complexity index is 1460. The van der Waals surface area contributed by atoms with Gasteiger partial charge in [-0.2, -0.15) is 0 Å². The Hall–Kier alpha value is -4.48. The maximum atomic E-state index is 14.6. The van der Waals surface area contributed by atoms with Gasteiger partial charge in [0.15, 0.2) is 0 Å². The molecule has 2 aromatic rings. The van der Waals surface area contributed by atoms with Gasteiger partial charge < -0.3 is 34.4 Å². The Labute approximate surface area is 275 Å². The Morgan fingerprint density at radius 2 is 1.89 bits per heavy atom. The number of aliphatic hydroxyl groups is 1. The number of aliphatic hydroxyl groups excluding tert-OH is 1. The van der Waals surface area contributed by atoms with Gasteiger partial charge in [-0.25, -0.2) is 0 Å². The number of ether oxygens (including phenoxy) is 3. The fourth-order valence-corrected chi connectivity index (χ4v) is 7.22. The maximum absolute atomic E-state index is 14.6. The number of anilines is 1. The molecule has 250 valence electrons. The minimum Gasteiger partial charge on any atom is -0.497 e. The van der Waals surface area contributed by atoms with Crippen molar-refractivity contribution in [3.05, 3.63) is 85.5 Å². The first-order valence-electron chi connectivity index (χ1n) is 16.1. The normalized spacial score (nSPS) is 24.7. The van der Waals surface area contributed by atoms with Gasteiger partial charge in [-0.15, -0.1) is 13.2 Å². The van der Waals surface area contributed by atoms with Crippen LogP contribution in [0.25, 0.3) is 0 Å². The number of amides is 3. The summed E-state index contributed by atoms with van der Waals surface area (Å²) in [7, 11) is 1.56. The molecule has 3 amide bonds. The van der Waals surface area contributed by atoms with Crippen LogP contribution in [0.1, 0.15) is 43.7 Å². The van der Waals surface area contributed by atoms with E-state index in [1.165, 1.54) is 4.90 Å². The van der Waals surface area contributed by atoms with Gasteiger partial charge in [0, 0.05) is 31.8 Å². The van der Waals surface area contributed by atoms with Crippen LogP contribution in [0, 0.1) is 11.8 Å². The minimum atomic E-state index is -1.22. The molecular formula is C36H43N3O8. The quantitative estimate of drug-likeness (QED) is 0.210. The molecule has 0 aromatic heterocycles. The third-order valence-corrected chi connectivity index (χ3v) is 9.34. The van der Waals surface area contributed by atoms with E-state index in [-0.39, 0.29) is 51.0 Å². The molecule has 5 rings (SSSR count). The minimum absolute atomic E-state index is 0.0875. The summed E-state index contributed by atoms with van der Waals surface area (Å²) in [5.74, 6) is -2.64. The summed E-state index contributed by atoms with van der Waals surface area (Å²) in [5, 5.41) is 12.7. The van der Waals surface area contributed by atoms with Crippen LogP contribution in [0.4, 0.5) is 5.69 Å². The molecule has 2 aromatic carbocycles. The second-order valence-electron chi connectivity index (χ2n) is 12.1. The number of carbonyl (C=O) groups is 4. The van der Waals surface area contributed by atoms with Crippen LogP contribution >= 0.6 is 0 Å². The van der Waals surface area contributed by atoms with E-state index >= 15 is 0 Å². The van der Waals surface area contributed by atoms with Gasteiger partial charge in [-0.1, -0.05) is 42.5 Å². The molecule has 2 bridgehead atoms. The van der Waals surface area contributed by atoms with Gasteiger partial charge in [0.2, 0.25) is 11.8 Å². The summed E-state index contributed by atoms with van der Waals surface area (Å²) in [6, 6.07) is 14.5. The zero-order valence-corrected chi connectivity index (χ0v) is 26.7. The van der Waals surface area contributed by atoms with Crippen LogP contribution < -0.4 is 15.0 Å². The van der Waals surface area contributed by atoms with Crippen molar-refractivity contribution in [1.82, 2.24) is 10.2 Å². The lowest BCUT2D eigenvalue weighted by atomic mass is 9.70. The highest BCUT2D eigenvalue weighted by atomic mass is 16.5. The van der Waals surface area contributed by atoms with Crippen LogP contribution in [0.3, 0.4) is 0 Å². The fourth-order valence-electron chi connectivity index (χ4n) is 7.22. The summed E-state index contributed by atoms with van der Waals surface area (Å²) < 4.78 is 17.4. The standard InChI is InChI=1S/C36H43N3O8/c1-4-6-13-29(41)46-23-27(24-11-8-7-9-12-24)37-33(42)30-28-18-19-36(47-28)31(30)34(43)39(21-10-22-40)32(36)35(44)38(20-5-2)25-14-16-26(45-3)17-15-25/h4-5,7-9,11-12,14-17,27-28,30-32,40H,1-2,6,10,13,18-23H2,3H3,(H,37,42)/t27-,28+,30-,31-,32+,36-/m0/s1. The van der Waals surface area contributed by atoms with Crippen molar-refractivity contribution in [3.63, 3.8) is 0 Å². The molecule has 2 N–H and O–H groups in total.